The lowest BCUT2D eigenvalue weighted by Gasteiger charge is -2.07. The zero-order chi connectivity index (χ0) is 13.8. The molecule has 1 amide bonds. The maximum Gasteiger partial charge on any atom is 0.225 e. The van der Waals surface area contributed by atoms with Crippen LogP contribution in [0.5, 0.6) is 0 Å². The van der Waals surface area contributed by atoms with Crippen LogP contribution in [0, 0.1) is 6.92 Å². The molecule has 0 saturated carbocycles. The molecule has 6 heteroatoms. The second-order valence-electron chi connectivity index (χ2n) is 4.07. The molecule has 2 rings (SSSR count). The Kier molecular flexibility index (Phi) is 3.70. The summed E-state index contributed by atoms with van der Waals surface area (Å²) in [5, 5.41) is 2.66. The Morgan fingerprint density at radius 2 is 2.21 bits per heavy atom. The number of nitrogens with two attached hydrogens (primary N) is 1. The number of anilines is 2. The average molecular weight is 257 g/mol. The molecular formula is C13H15N5O. The lowest BCUT2D eigenvalue weighted by atomic mass is 10.2. The molecular weight excluding hydrogens is 242 g/mol. The molecule has 98 valence electrons. The summed E-state index contributed by atoms with van der Waals surface area (Å²) in [5.74, 6) is 0.965. The zero-order valence-electron chi connectivity index (χ0n) is 10.8. The van der Waals surface area contributed by atoms with Crippen molar-refractivity contribution in [1.82, 2.24) is 15.0 Å². The lowest BCUT2D eigenvalue weighted by Crippen LogP contribution is -2.12. The number of hydrogen-bond donors (Lipinski definition) is 2. The van der Waals surface area contributed by atoms with Crippen LogP contribution in [0.15, 0.2) is 24.4 Å². The number of carbonyl (C=O) groups excluding carboxylic acids is 1. The second-order valence-corrected chi connectivity index (χ2v) is 4.07. The van der Waals surface area contributed by atoms with Crippen LogP contribution in [-0.4, -0.2) is 20.9 Å². The van der Waals surface area contributed by atoms with E-state index in [1.165, 1.54) is 6.07 Å². The molecule has 19 heavy (non-hydrogen) atoms. The number of rotatable bonds is 3. The van der Waals surface area contributed by atoms with E-state index in [0.717, 1.165) is 5.56 Å². The fraction of sp³-hybridized carbons (Fsp3) is 0.231. The first-order valence-corrected chi connectivity index (χ1v) is 5.96. The van der Waals surface area contributed by atoms with Crippen LogP contribution in [0.1, 0.15) is 18.9 Å². The van der Waals surface area contributed by atoms with Gasteiger partial charge in [-0.25, -0.2) is 9.97 Å². The van der Waals surface area contributed by atoms with E-state index in [1.54, 1.807) is 13.1 Å². The maximum atomic E-state index is 11.4. The van der Waals surface area contributed by atoms with E-state index >= 15 is 0 Å². The number of aromatic nitrogens is 3. The number of amides is 1. The van der Waals surface area contributed by atoms with E-state index in [0.29, 0.717) is 29.6 Å². The third-order valence-electron chi connectivity index (χ3n) is 2.56. The Morgan fingerprint density at radius 1 is 1.42 bits per heavy atom. The number of nitrogens with one attached hydrogen (secondary N) is 1. The highest BCUT2D eigenvalue weighted by atomic mass is 16.1. The highest BCUT2D eigenvalue weighted by molar-refractivity contribution is 5.90. The molecule has 2 aromatic heterocycles. The van der Waals surface area contributed by atoms with E-state index in [-0.39, 0.29) is 5.91 Å². The summed E-state index contributed by atoms with van der Waals surface area (Å²) in [6.45, 7) is 3.68. The standard InChI is InChI=1S/C13H15N5O/c1-3-11(19)17-10-7-9(14)16-13(18-10)12-8(2)5-4-6-15-12/h4-7H,3H2,1-2H3,(H3,14,16,17,18,19). The number of pyridine rings is 1. The lowest BCUT2D eigenvalue weighted by molar-refractivity contribution is -0.115. The number of aryl methyl sites for hydroxylation is 1. The van der Waals surface area contributed by atoms with Crippen molar-refractivity contribution in [2.75, 3.05) is 11.1 Å². The molecule has 0 atom stereocenters. The summed E-state index contributed by atoms with van der Waals surface area (Å²) in [6.07, 6.45) is 2.04. The molecule has 6 nitrogen and oxygen atoms in total. The molecule has 0 unspecified atom stereocenters. The van der Waals surface area contributed by atoms with Gasteiger partial charge in [-0.2, -0.15) is 0 Å². The quantitative estimate of drug-likeness (QED) is 0.874. The number of hydrogen-bond acceptors (Lipinski definition) is 5. The van der Waals surface area contributed by atoms with Gasteiger partial charge in [0.15, 0.2) is 5.82 Å². The van der Waals surface area contributed by atoms with Gasteiger partial charge in [-0.3, -0.25) is 9.78 Å². The van der Waals surface area contributed by atoms with Crippen molar-refractivity contribution in [2.24, 2.45) is 0 Å². The smallest absolute Gasteiger partial charge is 0.225 e. The van der Waals surface area contributed by atoms with Crippen LogP contribution in [0.25, 0.3) is 11.5 Å². The molecule has 2 aromatic rings. The molecule has 0 spiro atoms. The summed E-state index contributed by atoms with van der Waals surface area (Å²) in [6, 6.07) is 5.28. The van der Waals surface area contributed by atoms with Gasteiger partial charge in [-0.1, -0.05) is 13.0 Å². The van der Waals surface area contributed by atoms with Crippen molar-refractivity contribution in [3.63, 3.8) is 0 Å². The molecule has 0 fully saturated rings. The largest absolute Gasteiger partial charge is 0.384 e. The SMILES string of the molecule is CCC(=O)Nc1cc(N)nc(-c2ncccc2C)n1. The molecule has 0 aliphatic carbocycles. The first kappa shape index (κ1) is 12.9. The fourth-order valence-corrected chi connectivity index (χ4v) is 1.59. The van der Waals surface area contributed by atoms with Crippen molar-refractivity contribution < 1.29 is 4.79 Å². The average Bonchev–Trinajstić information content (AvgIpc) is 2.38. The molecule has 0 aromatic carbocycles. The molecule has 0 aliphatic rings. The summed E-state index contributed by atoms with van der Waals surface area (Å²) < 4.78 is 0. The monoisotopic (exact) mass is 257 g/mol. The third kappa shape index (κ3) is 3.04. The predicted molar refractivity (Wildman–Crippen MR) is 73.3 cm³/mol. The van der Waals surface area contributed by atoms with Crippen molar-refractivity contribution in [3.8, 4) is 11.5 Å². The fourth-order valence-electron chi connectivity index (χ4n) is 1.59. The van der Waals surface area contributed by atoms with Crippen LogP contribution in [0.4, 0.5) is 11.6 Å². The minimum Gasteiger partial charge on any atom is -0.384 e. The molecule has 0 radical (unpaired) electrons. The van der Waals surface area contributed by atoms with Gasteiger partial charge in [0.2, 0.25) is 5.91 Å². The van der Waals surface area contributed by atoms with Crippen LogP contribution in [0.2, 0.25) is 0 Å². The highest BCUT2D eigenvalue weighted by Crippen LogP contribution is 2.19. The van der Waals surface area contributed by atoms with Crippen molar-refractivity contribution in [2.45, 2.75) is 20.3 Å². The van der Waals surface area contributed by atoms with Gasteiger partial charge in [-0.05, 0) is 18.6 Å². The van der Waals surface area contributed by atoms with Gasteiger partial charge in [-0.15, -0.1) is 0 Å². The minimum absolute atomic E-state index is 0.123. The Balaban J connectivity index is 2.42. The number of nitrogens with zero attached hydrogens (tertiary/aromatic N) is 3. The van der Waals surface area contributed by atoms with Gasteiger partial charge >= 0.3 is 0 Å². The van der Waals surface area contributed by atoms with Gasteiger partial charge in [0.25, 0.3) is 0 Å². The third-order valence-corrected chi connectivity index (χ3v) is 2.56. The van der Waals surface area contributed by atoms with Gasteiger partial charge in [0.05, 0.1) is 0 Å². The number of nitrogen functional groups attached to an aromatic ring is 1. The van der Waals surface area contributed by atoms with Crippen molar-refractivity contribution in [1.29, 1.82) is 0 Å². The Morgan fingerprint density at radius 3 is 2.89 bits per heavy atom. The Bertz CT molecular complexity index is 612. The zero-order valence-corrected chi connectivity index (χ0v) is 10.8. The number of carbonyl (C=O) groups is 1. The maximum absolute atomic E-state index is 11.4. The van der Waals surface area contributed by atoms with Gasteiger partial charge < -0.3 is 11.1 Å². The van der Waals surface area contributed by atoms with E-state index in [1.807, 2.05) is 19.1 Å². The van der Waals surface area contributed by atoms with Crippen LogP contribution in [0.3, 0.4) is 0 Å². The summed E-state index contributed by atoms with van der Waals surface area (Å²) >= 11 is 0. The van der Waals surface area contributed by atoms with E-state index in [9.17, 15) is 4.79 Å². The Labute approximate surface area is 111 Å². The van der Waals surface area contributed by atoms with Crippen molar-refractivity contribution in [3.05, 3.63) is 30.0 Å². The van der Waals surface area contributed by atoms with Gasteiger partial charge in [0.1, 0.15) is 17.3 Å². The van der Waals surface area contributed by atoms with Crippen LogP contribution < -0.4 is 11.1 Å². The van der Waals surface area contributed by atoms with E-state index in [2.05, 4.69) is 20.3 Å². The van der Waals surface area contributed by atoms with E-state index < -0.39 is 0 Å². The van der Waals surface area contributed by atoms with Crippen LogP contribution in [-0.2, 0) is 4.79 Å². The predicted octanol–water partition coefficient (Wildman–Crippen LogP) is 1.78. The summed E-state index contributed by atoms with van der Waals surface area (Å²) in [5.41, 5.74) is 7.33. The molecule has 3 N–H and O–H groups in total. The highest BCUT2D eigenvalue weighted by Gasteiger charge is 2.10. The van der Waals surface area contributed by atoms with Crippen LogP contribution >= 0.6 is 0 Å². The van der Waals surface area contributed by atoms with Crippen molar-refractivity contribution >= 4 is 17.5 Å². The first-order chi connectivity index (χ1) is 9.10. The Hall–Kier alpha value is -2.50. The van der Waals surface area contributed by atoms with Gasteiger partial charge in [0, 0.05) is 18.7 Å². The first-order valence-electron chi connectivity index (χ1n) is 5.96. The summed E-state index contributed by atoms with van der Waals surface area (Å²) in [4.78, 5) is 24.0. The second kappa shape index (κ2) is 5.43. The molecule has 2 heterocycles. The molecule has 0 aliphatic heterocycles. The summed E-state index contributed by atoms with van der Waals surface area (Å²) in [7, 11) is 0. The molecule has 0 bridgehead atoms. The minimum atomic E-state index is -0.123. The topological polar surface area (TPSA) is 93.8 Å². The normalized spacial score (nSPS) is 10.2. The molecule has 0 saturated heterocycles. The van der Waals surface area contributed by atoms with E-state index in [4.69, 9.17) is 5.73 Å².